The van der Waals surface area contributed by atoms with Crippen LogP contribution in [0.2, 0.25) is 0 Å². The molecule has 0 saturated heterocycles. The Morgan fingerprint density at radius 3 is 2.35 bits per heavy atom. The van der Waals surface area contributed by atoms with Crippen molar-refractivity contribution < 1.29 is 14.2 Å². The van der Waals surface area contributed by atoms with Gasteiger partial charge in [0, 0.05) is 5.56 Å². The van der Waals surface area contributed by atoms with Gasteiger partial charge in [0.2, 0.25) is 0 Å². The minimum Gasteiger partial charge on any atom is -0.494 e. The van der Waals surface area contributed by atoms with Gasteiger partial charge in [-0.1, -0.05) is 24.0 Å². The molecule has 1 atom stereocenters. The summed E-state index contributed by atoms with van der Waals surface area (Å²) in [5.74, 6) is 6.00. The molecule has 0 saturated carbocycles. The Morgan fingerprint density at radius 2 is 1.75 bits per heavy atom. The average molecular weight is 270 g/mol. The predicted octanol–water partition coefficient (Wildman–Crippen LogP) is 3.31. The van der Waals surface area contributed by atoms with E-state index in [0.29, 0.717) is 17.7 Å². The Bertz CT molecular complexity index is 606. The van der Waals surface area contributed by atoms with E-state index < -0.39 is 6.10 Å². The Hall–Kier alpha value is -2.31. The van der Waals surface area contributed by atoms with Crippen LogP contribution in [0.1, 0.15) is 24.2 Å². The van der Waals surface area contributed by atoms with E-state index in [-0.39, 0.29) is 5.82 Å². The molecule has 0 amide bonds. The van der Waals surface area contributed by atoms with E-state index >= 15 is 0 Å². The van der Waals surface area contributed by atoms with Gasteiger partial charge in [-0.3, -0.25) is 0 Å². The Balaban J connectivity index is 2.08. The summed E-state index contributed by atoms with van der Waals surface area (Å²) in [7, 11) is 0. The van der Waals surface area contributed by atoms with Crippen LogP contribution in [0.5, 0.6) is 5.75 Å². The molecule has 0 bridgehead atoms. The molecule has 2 nitrogen and oxygen atoms in total. The molecule has 0 aliphatic heterocycles. The summed E-state index contributed by atoms with van der Waals surface area (Å²) in [6.45, 7) is 2.52. The molecule has 0 aromatic heterocycles. The monoisotopic (exact) mass is 270 g/mol. The Labute approximate surface area is 117 Å². The van der Waals surface area contributed by atoms with Crippen molar-refractivity contribution in [2.45, 2.75) is 13.0 Å². The maximum Gasteiger partial charge on any atom is 0.140 e. The van der Waals surface area contributed by atoms with Crippen molar-refractivity contribution in [3.63, 3.8) is 0 Å². The highest BCUT2D eigenvalue weighted by atomic mass is 19.1. The molecule has 102 valence electrons. The van der Waals surface area contributed by atoms with E-state index in [4.69, 9.17) is 4.74 Å². The molecule has 0 radical (unpaired) electrons. The highest BCUT2D eigenvalue weighted by Gasteiger charge is 2.03. The molecule has 1 unspecified atom stereocenters. The number of rotatable bonds is 3. The van der Waals surface area contributed by atoms with Crippen molar-refractivity contribution in [1.82, 2.24) is 0 Å². The minimum atomic E-state index is -0.879. The molecule has 0 aliphatic carbocycles. The third-order valence-corrected chi connectivity index (χ3v) is 2.70. The first-order chi connectivity index (χ1) is 9.69. The number of aliphatic hydroxyl groups is 1. The molecule has 0 aliphatic rings. The third kappa shape index (κ3) is 3.84. The van der Waals surface area contributed by atoms with Gasteiger partial charge in [-0.15, -0.1) is 0 Å². The summed E-state index contributed by atoms with van der Waals surface area (Å²) in [6.07, 6.45) is -0.879. The van der Waals surface area contributed by atoms with Crippen molar-refractivity contribution in [2.24, 2.45) is 0 Å². The van der Waals surface area contributed by atoms with Gasteiger partial charge in [-0.25, -0.2) is 4.39 Å². The van der Waals surface area contributed by atoms with E-state index in [0.717, 1.165) is 5.75 Å². The molecule has 2 rings (SSSR count). The summed E-state index contributed by atoms with van der Waals surface area (Å²) in [4.78, 5) is 0. The van der Waals surface area contributed by atoms with Crippen LogP contribution in [0.15, 0.2) is 48.5 Å². The van der Waals surface area contributed by atoms with Crippen molar-refractivity contribution >= 4 is 0 Å². The van der Waals surface area contributed by atoms with Crippen LogP contribution >= 0.6 is 0 Å². The number of hydrogen-bond acceptors (Lipinski definition) is 2. The van der Waals surface area contributed by atoms with Crippen molar-refractivity contribution in [3.05, 3.63) is 65.5 Å². The highest BCUT2D eigenvalue weighted by Crippen LogP contribution is 2.17. The van der Waals surface area contributed by atoms with Crippen molar-refractivity contribution in [3.8, 4) is 17.6 Å². The minimum absolute atomic E-state index is 0.303. The van der Waals surface area contributed by atoms with Crippen LogP contribution < -0.4 is 4.74 Å². The lowest BCUT2D eigenvalue weighted by atomic mass is 10.1. The quantitative estimate of drug-likeness (QED) is 0.867. The maximum absolute atomic E-state index is 12.7. The maximum atomic E-state index is 12.7. The van der Waals surface area contributed by atoms with Crippen molar-refractivity contribution in [1.29, 1.82) is 0 Å². The lowest BCUT2D eigenvalue weighted by Crippen LogP contribution is -1.95. The summed E-state index contributed by atoms with van der Waals surface area (Å²) in [6, 6.07) is 13.0. The lowest BCUT2D eigenvalue weighted by Gasteiger charge is -2.06. The van der Waals surface area contributed by atoms with E-state index in [2.05, 4.69) is 11.8 Å². The molecular formula is C17H15FO2. The van der Waals surface area contributed by atoms with Gasteiger partial charge in [0.05, 0.1) is 6.61 Å². The number of hydrogen-bond donors (Lipinski definition) is 1. The molecule has 0 fully saturated rings. The third-order valence-electron chi connectivity index (χ3n) is 2.70. The number of ether oxygens (including phenoxy) is 1. The fourth-order valence-electron chi connectivity index (χ4n) is 1.68. The first kappa shape index (κ1) is 14.1. The van der Waals surface area contributed by atoms with Crippen LogP contribution in [0.3, 0.4) is 0 Å². The van der Waals surface area contributed by atoms with Crippen LogP contribution in [0.4, 0.5) is 4.39 Å². The predicted molar refractivity (Wildman–Crippen MR) is 75.8 cm³/mol. The zero-order valence-electron chi connectivity index (χ0n) is 11.1. The molecule has 2 aromatic carbocycles. The van der Waals surface area contributed by atoms with Gasteiger partial charge in [0.1, 0.15) is 17.7 Å². The highest BCUT2D eigenvalue weighted by molar-refractivity contribution is 5.38. The van der Waals surface area contributed by atoms with E-state index in [1.807, 2.05) is 6.92 Å². The van der Waals surface area contributed by atoms with Gasteiger partial charge < -0.3 is 9.84 Å². The summed E-state index contributed by atoms with van der Waals surface area (Å²) in [5, 5.41) is 9.97. The standard InChI is InChI=1S/C17H15FO2/c1-2-20-16-10-6-14(7-11-16)17(19)12-5-13-3-8-15(18)9-4-13/h3-4,6-11,17,19H,2H2,1H3. The van der Waals surface area contributed by atoms with Crippen molar-refractivity contribution in [2.75, 3.05) is 6.61 Å². The summed E-state index contributed by atoms with van der Waals surface area (Å²) in [5.41, 5.74) is 1.36. The Morgan fingerprint density at radius 1 is 1.10 bits per heavy atom. The second-order valence-electron chi connectivity index (χ2n) is 4.18. The number of halogens is 1. The lowest BCUT2D eigenvalue weighted by molar-refractivity contribution is 0.238. The molecule has 0 heterocycles. The molecule has 20 heavy (non-hydrogen) atoms. The molecular weight excluding hydrogens is 255 g/mol. The first-order valence-corrected chi connectivity index (χ1v) is 6.37. The number of aliphatic hydroxyl groups excluding tert-OH is 1. The zero-order chi connectivity index (χ0) is 14.4. The molecule has 1 N–H and O–H groups in total. The second-order valence-corrected chi connectivity index (χ2v) is 4.18. The second kappa shape index (κ2) is 6.74. The summed E-state index contributed by atoms with van der Waals surface area (Å²) >= 11 is 0. The SMILES string of the molecule is CCOc1ccc(C(O)C#Cc2ccc(F)cc2)cc1. The van der Waals surface area contributed by atoms with Gasteiger partial charge in [0.15, 0.2) is 0 Å². The summed E-state index contributed by atoms with van der Waals surface area (Å²) < 4.78 is 18.1. The van der Waals surface area contributed by atoms with Gasteiger partial charge in [0.25, 0.3) is 0 Å². The Kier molecular flexibility index (Phi) is 4.75. The van der Waals surface area contributed by atoms with Gasteiger partial charge >= 0.3 is 0 Å². The van der Waals surface area contributed by atoms with Gasteiger partial charge in [-0.05, 0) is 48.9 Å². The fourth-order valence-corrected chi connectivity index (χ4v) is 1.68. The van der Waals surface area contributed by atoms with Crippen LogP contribution in [-0.4, -0.2) is 11.7 Å². The van der Waals surface area contributed by atoms with Crippen LogP contribution in [0.25, 0.3) is 0 Å². The molecule has 0 spiro atoms. The fraction of sp³-hybridized carbons (Fsp3) is 0.176. The smallest absolute Gasteiger partial charge is 0.140 e. The van der Waals surface area contributed by atoms with Gasteiger partial charge in [-0.2, -0.15) is 0 Å². The first-order valence-electron chi connectivity index (χ1n) is 6.37. The number of benzene rings is 2. The largest absolute Gasteiger partial charge is 0.494 e. The normalized spacial score (nSPS) is 11.3. The van der Waals surface area contributed by atoms with Crippen LogP contribution in [0, 0.1) is 17.7 Å². The molecule has 2 aromatic rings. The zero-order valence-corrected chi connectivity index (χ0v) is 11.1. The van der Waals surface area contributed by atoms with E-state index in [9.17, 15) is 9.50 Å². The van der Waals surface area contributed by atoms with E-state index in [1.54, 1.807) is 36.4 Å². The molecule has 3 heteroatoms. The average Bonchev–Trinajstić information content (AvgIpc) is 2.47. The topological polar surface area (TPSA) is 29.5 Å². The van der Waals surface area contributed by atoms with Crippen LogP contribution in [-0.2, 0) is 0 Å². The van der Waals surface area contributed by atoms with E-state index in [1.165, 1.54) is 12.1 Å².